The minimum absolute atomic E-state index is 0.169. The molecule has 0 aliphatic carbocycles. The monoisotopic (exact) mass is 410 g/mol. The summed E-state index contributed by atoms with van der Waals surface area (Å²) in [5.74, 6) is 0.258. The van der Waals surface area contributed by atoms with Gasteiger partial charge >= 0.3 is 0 Å². The van der Waals surface area contributed by atoms with Gasteiger partial charge < -0.3 is 9.88 Å². The topological polar surface area (TPSA) is 70.7 Å². The molecule has 2 aromatic carbocycles. The Bertz CT molecular complexity index is 918. The molecule has 0 aliphatic rings. The van der Waals surface area contributed by atoms with Gasteiger partial charge in [0.05, 0.1) is 17.3 Å². The first-order valence-corrected chi connectivity index (χ1v) is 8.90. The fourth-order valence-electron chi connectivity index (χ4n) is 2.23. The third-order valence-corrected chi connectivity index (χ3v) is 4.37. The Morgan fingerprint density at radius 3 is 2.12 bits per heavy atom. The van der Waals surface area contributed by atoms with Gasteiger partial charge in [-0.15, -0.1) is 0 Å². The molecule has 0 saturated heterocycles. The van der Waals surface area contributed by atoms with Crippen molar-refractivity contribution in [2.45, 2.75) is 20.4 Å². The fraction of sp³-hybridized carbons (Fsp3) is 0.150. The molecule has 3 aromatic rings. The number of nitrogens with zero attached hydrogens (tertiary/aromatic N) is 3. The Labute approximate surface area is 161 Å². The lowest BCUT2D eigenvalue weighted by atomic mass is 10.2. The molecule has 3 rings (SSSR count). The van der Waals surface area contributed by atoms with E-state index in [1.165, 1.54) is 0 Å². The van der Waals surface area contributed by atoms with Gasteiger partial charge in [-0.25, -0.2) is 4.98 Å². The van der Waals surface area contributed by atoms with Crippen LogP contribution in [-0.4, -0.2) is 9.55 Å². The van der Waals surface area contributed by atoms with E-state index in [-0.39, 0.29) is 11.4 Å². The molecule has 1 heterocycles. The number of anilines is 2. The van der Waals surface area contributed by atoms with Crippen LogP contribution in [0.4, 0.5) is 11.5 Å². The van der Waals surface area contributed by atoms with E-state index in [0.717, 1.165) is 5.69 Å². The van der Waals surface area contributed by atoms with Crippen molar-refractivity contribution >= 4 is 27.4 Å². The summed E-state index contributed by atoms with van der Waals surface area (Å²) in [5, 5.41) is 11.7. The molecule has 1 N–H and O–H groups in total. The molecular weight excluding hydrogens is 392 g/mol. The normalized spacial score (nSPS) is 9.62. The summed E-state index contributed by atoms with van der Waals surface area (Å²) >= 11 is 3.35. The zero-order valence-corrected chi connectivity index (χ0v) is 16.2. The maximum atomic E-state index is 12.3. The van der Waals surface area contributed by atoms with Gasteiger partial charge in [0.25, 0.3) is 5.56 Å². The van der Waals surface area contributed by atoms with Gasteiger partial charge in [0, 0.05) is 12.2 Å². The first kappa shape index (κ1) is 19.4. The second kappa shape index (κ2) is 9.54. The molecule has 0 unspecified atom stereocenters. The van der Waals surface area contributed by atoms with Crippen LogP contribution >= 0.6 is 15.9 Å². The largest absolute Gasteiger partial charge is 0.336 e. The molecule has 0 atom stereocenters. The van der Waals surface area contributed by atoms with E-state index in [1.807, 2.05) is 56.3 Å². The van der Waals surface area contributed by atoms with Crippen LogP contribution in [0.2, 0.25) is 0 Å². The summed E-state index contributed by atoms with van der Waals surface area (Å²) in [7, 11) is 0. The number of hydrogen-bond donors (Lipinski definition) is 1. The molecule has 6 heteroatoms. The summed E-state index contributed by atoms with van der Waals surface area (Å²) in [6.45, 7) is 4.33. The zero-order valence-electron chi connectivity index (χ0n) is 14.6. The fourth-order valence-corrected chi connectivity index (χ4v) is 2.62. The van der Waals surface area contributed by atoms with Crippen LogP contribution in [0.3, 0.4) is 0 Å². The van der Waals surface area contributed by atoms with Crippen molar-refractivity contribution < 1.29 is 0 Å². The van der Waals surface area contributed by atoms with Crippen molar-refractivity contribution in [3.8, 4) is 6.07 Å². The minimum Gasteiger partial charge on any atom is -0.336 e. The Hall–Kier alpha value is -2.91. The lowest BCUT2D eigenvalue weighted by Gasteiger charge is -2.12. The lowest BCUT2D eigenvalue weighted by Crippen LogP contribution is -2.25. The maximum Gasteiger partial charge on any atom is 0.293 e. The van der Waals surface area contributed by atoms with E-state index in [1.54, 1.807) is 28.8 Å². The van der Waals surface area contributed by atoms with Gasteiger partial charge in [0.2, 0.25) is 0 Å². The van der Waals surface area contributed by atoms with Crippen LogP contribution in [0, 0.1) is 18.3 Å². The average Bonchev–Trinajstić information content (AvgIpc) is 2.69. The van der Waals surface area contributed by atoms with Gasteiger partial charge in [-0.1, -0.05) is 36.4 Å². The number of nitrogens with one attached hydrogen (secondary N) is 1. The number of hydrogen-bond acceptors (Lipinski definition) is 4. The summed E-state index contributed by atoms with van der Waals surface area (Å²) in [4.78, 5) is 16.5. The molecule has 0 amide bonds. The lowest BCUT2D eigenvalue weighted by molar-refractivity contribution is 0.688. The van der Waals surface area contributed by atoms with Crippen LogP contribution in [0.5, 0.6) is 0 Å². The second-order valence-electron chi connectivity index (χ2n) is 5.35. The smallest absolute Gasteiger partial charge is 0.293 e. The number of halogens is 1. The Morgan fingerprint density at radius 2 is 1.65 bits per heavy atom. The molecule has 1 aromatic heterocycles. The highest BCUT2D eigenvalue weighted by molar-refractivity contribution is 9.10. The number of benzene rings is 2. The second-order valence-corrected chi connectivity index (χ2v) is 6.11. The molecule has 0 aliphatic heterocycles. The van der Waals surface area contributed by atoms with Crippen molar-refractivity contribution in [1.29, 1.82) is 5.26 Å². The van der Waals surface area contributed by atoms with Crippen molar-refractivity contribution in [1.82, 2.24) is 9.55 Å². The molecule has 0 saturated carbocycles. The highest BCUT2D eigenvalue weighted by Gasteiger charge is 2.11. The molecular formula is C20H19BrN4O. The minimum atomic E-state index is -0.169. The van der Waals surface area contributed by atoms with Crippen molar-refractivity contribution in [3.63, 3.8) is 0 Å². The van der Waals surface area contributed by atoms with Gasteiger partial charge in [0.15, 0.2) is 5.82 Å². The van der Waals surface area contributed by atoms with Gasteiger partial charge in [0.1, 0.15) is 4.60 Å². The number of rotatable bonds is 3. The summed E-state index contributed by atoms with van der Waals surface area (Å²) in [6, 6.07) is 20.9. The molecule has 5 nitrogen and oxygen atoms in total. The SMILES string of the molecule is CCn1c(C)c(Br)nc(Nc2ccc(C#N)cc2)c1=O.c1ccccc1. The van der Waals surface area contributed by atoms with Gasteiger partial charge in [-0.3, -0.25) is 4.79 Å². The first-order chi connectivity index (χ1) is 12.6. The van der Waals surface area contributed by atoms with Gasteiger partial charge in [-0.05, 0) is 54.0 Å². The summed E-state index contributed by atoms with van der Waals surface area (Å²) in [6.07, 6.45) is 0. The third kappa shape index (κ3) is 5.04. The van der Waals surface area contributed by atoms with Crippen molar-refractivity contribution in [2.75, 3.05) is 5.32 Å². The van der Waals surface area contributed by atoms with E-state index in [9.17, 15) is 4.79 Å². The number of nitriles is 1. The molecule has 0 fully saturated rings. The molecule has 26 heavy (non-hydrogen) atoms. The van der Waals surface area contributed by atoms with E-state index < -0.39 is 0 Å². The summed E-state index contributed by atoms with van der Waals surface area (Å²) in [5.41, 5.74) is 1.91. The Balaban J connectivity index is 0.000000342. The predicted octanol–water partition coefficient (Wildman–Crippen LogP) is 4.64. The van der Waals surface area contributed by atoms with E-state index in [4.69, 9.17) is 5.26 Å². The van der Waals surface area contributed by atoms with Crippen molar-refractivity contribution in [2.24, 2.45) is 0 Å². The molecule has 0 bridgehead atoms. The maximum absolute atomic E-state index is 12.3. The Morgan fingerprint density at radius 1 is 1.12 bits per heavy atom. The number of aromatic nitrogens is 2. The zero-order chi connectivity index (χ0) is 18.9. The van der Waals surface area contributed by atoms with Crippen molar-refractivity contribution in [3.05, 3.63) is 86.9 Å². The van der Waals surface area contributed by atoms with E-state index in [2.05, 4.69) is 26.2 Å². The van der Waals surface area contributed by atoms with Crippen LogP contribution in [0.15, 0.2) is 70.1 Å². The highest BCUT2D eigenvalue weighted by Crippen LogP contribution is 2.17. The van der Waals surface area contributed by atoms with Crippen LogP contribution < -0.4 is 10.9 Å². The summed E-state index contributed by atoms with van der Waals surface area (Å²) < 4.78 is 2.28. The molecule has 132 valence electrons. The molecule has 0 spiro atoms. The van der Waals surface area contributed by atoms with Crippen LogP contribution in [-0.2, 0) is 6.54 Å². The van der Waals surface area contributed by atoms with Gasteiger partial charge in [-0.2, -0.15) is 5.26 Å². The standard InChI is InChI=1S/C14H13BrN4O.C6H6/c1-3-19-9(2)12(15)18-13(14(19)20)17-11-6-4-10(8-16)5-7-11;1-2-4-6-5-3-1/h4-7H,3H2,1-2H3,(H,17,18);1-6H. The first-order valence-electron chi connectivity index (χ1n) is 8.11. The quantitative estimate of drug-likeness (QED) is 0.682. The van der Waals surface area contributed by atoms with E-state index >= 15 is 0 Å². The van der Waals surface area contributed by atoms with Crippen LogP contribution in [0.25, 0.3) is 0 Å². The van der Waals surface area contributed by atoms with E-state index in [0.29, 0.717) is 22.4 Å². The highest BCUT2D eigenvalue weighted by atomic mass is 79.9. The molecule has 0 radical (unpaired) electrons. The van der Waals surface area contributed by atoms with Crippen LogP contribution in [0.1, 0.15) is 18.2 Å². The average molecular weight is 411 g/mol. The Kier molecular flexibility index (Phi) is 7.12. The third-order valence-electron chi connectivity index (χ3n) is 3.62. The predicted molar refractivity (Wildman–Crippen MR) is 107 cm³/mol.